The van der Waals surface area contributed by atoms with Crippen molar-refractivity contribution in [3.63, 3.8) is 0 Å². The van der Waals surface area contributed by atoms with E-state index in [1.54, 1.807) is 6.20 Å². The summed E-state index contributed by atoms with van der Waals surface area (Å²) < 4.78 is 0. The van der Waals surface area contributed by atoms with Crippen LogP contribution in [0.4, 0.5) is 11.5 Å². The van der Waals surface area contributed by atoms with Gasteiger partial charge in [-0.3, -0.25) is 4.79 Å². The maximum absolute atomic E-state index is 11.5. The number of carbonyl (C=O) groups is 1. The number of hydrogen-bond acceptors (Lipinski definition) is 3. The summed E-state index contributed by atoms with van der Waals surface area (Å²) in [6, 6.07) is 3.75. The second-order valence-corrected chi connectivity index (χ2v) is 4.01. The van der Waals surface area contributed by atoms with Crippen molar-refractivity contribution in [2.75, 3.05) is 17.2 Å². The molecular weight excluding hydrogens is 214 g/mol. The molecule has 1 aromatic heterocycles. The molecule has 0 atom stereocenters. The number of amides is 1. The first-order chi connectivity index (χ1) is 8.26. The van der Waals surface area contributed by atoms with Crippen LogP contribution in [-0.4, -0.2) is 17.4 Å². The lowest BCUT2D eigenvalue weighted by Crippen LogP contribution is -2.11. The topological polar surface area (TPSA) is 54.0 Å². The van der Waals surface area contributed by atoms with Gasteiger partial charge in [0, 0.05) is 13.0 Å². The summed E-state index contributed by atoms with van der Waals surface area (Å²) in [7, 11) is 0. The van der Waals surface area contributed by atoms with Crippen molar-refractivity contribution in [3.05, 3.63) is 18.3 Å². The smallest absolute Gasteiger partial charge is 0.224 e. The van der Waals surface area contributed by atoms with Crippen LogP contribution in [-0.2, 0) is 4.79 Å². The first-order valence-electron chi connectivity index (χ1n) is 6.26. The summed E-state index contributed by atoms with van der Waals surface area (Å²) in [6.07, 6.45) is 5.28. The standard InChI is InChI=1S/C13H21N3O/c1-3-5-6-13(17)16-11-7-8-12(15-10-11)14-9-4-2/h7-8,10H,3-6,9H2,1-2H3,(H,14,15)(H,16,17). The Hall–Kier alpha value is -1.58. The van der Waals surface area contributed by atoms with Gasteiger partial charge in [-0.05, 0) is 25.0 Å². The first kappa shape index (κ1) is 13.5. The summed E-state index contributed by atoms with van der Waals surface area (Å²) in [4.78, 5) is 15.7. The van der Waals surface area contributed by atoms with Crippen molar-refractivity contribution >= 4 is 17.4 Å². The highest BCUT2D eigenvalue weighted by Gasteiger charge is 2.01. The Bertz CT molecular complexity index is 335. The van der Waals surface area contributed by atoms with Gasteiger partial charge in [0.1, 0.15) is 5.82 Å². The molecular formula is C13H21N3O. The predicted octanol–water partition coefficient (Wildman–Crippen LogP) is 3.03. The fourth-order valence-corrected chi connectivity index (χ4v) is 1.39. The summed E-state index contributed by atoms with van der Waals surface area (Å²) in [5.74, 6) is 0.904. The van der Waals surface area contributed by atoms with Crippen LogP contribution >= 0.6 is 0 Å². The van der Waals surface area contributed by atoms with Crippen LogP contribution in [0.2, 0.25) is 0 Å². The second-order valence-electron chi connectivity index (χ2n) is 4.01. The van der Waals surface area contributed by atoms with Gasteiger partial charge in [-0.25, -0.2) is 4.98 Å². The zero-order valence-electron chi connectivity index (χ0n) is 10.6. The van der Waals surface area contributed by atoms with Gasteiger partial charge in [0.2, 0.25) is 5.91 Å². The summed E-state index contributed by atoms with van der Waals surface area (Å²) >= 11 is 0. The Morgan fingerprint density at radius 2 is 2.12 bits per heavy atom. The lowest BCUT2D eigenvalue weighted by molar-refractivity contribution is -0.116. The molecule has 2 N–H and O–H groups in total. The van der Waals surface area contributed by atoms with Gasteiger partial charge >= 0.3 is 0 Å². The molecule has 1 amide bonds. The number of unbranched alkanes of at least 4 members (excludes halogenated alkanes) is 1. The molecule has 1 heterocycles. The molecule has 0 spiro atoms. The van der Waals surface area contributed by atoms with E-state index in [4.69, 9.17) is 0 Å². The van der Waals surface area contributed by atoms with Crippen molar-refractivity contribution in [1.29, 1.82) is 0 Å². The Morgan fingerprint density at radius 1 is 1.29 bits per heavy atom. The van der Waals surface area contributed by atoms with Crippen LogP contribution in [0.3, 0.4) is 0 Å². The second kappa shape index (κ2) is 7.65. The molecule has 0 unspecified atom stereocenters. The lowest BCUT2D eigenvalue weighted by Gasteiger charge is -2.06. The molecule has 94 valence electrons. The van der Waals surface area contributed by atoms with E-state index in [1.807, 2.05) is 12.1 Å². The highest BCUT2D eigenvalue weighted by atomic mass is 16.1. The fraction of sp³-hybridized carbons (Fsp3) is 0.538. The summed E-state index contributed by atoms with van der Waals surface area (Å²) in [6.45, 7) is 5.09. The summed E-state index contributed by atoms with van der Waals surface area (Å²) in [5, 5.41) is 6.02. The molecule has 0 radical (unpaired) electrons. The number of rotatable bonds is 7. The SMILES string of the molecule is CCCCC(=O)Nc1ccc(NCCC)nc1. The Balaban J connectivity index is 2.42. The third-order valence-corrected chi connectivity index (χ3v) is 2.36. The Morgan fingerprint density at radius 3 is 2.71 bits per heavy atom. The minimum atomic E-state index is 0.0583. The molecule has 4 heteroatoms. The normalized spacial score (nSPS) is 10.0. The van der Waals surface area contributed by atoms with E-state index in [9.17, 15) is 4.79 Å². The van der Waals surface area contributed by atoms with Crippen molar-refractivity contribution in [2.45, 2.75) is 39.5 Å². The molecule has 0 fully saturated rings. The highest BCUT2D eigenvalue weighted by molar-refractivity contribution is 5.90. The molecule has 0 aliphatic rings. The van der Waals surface area contributed by atoms with Gasteiger partial charge < -0.3 is 10.6 Å². The average molecular weight is 235 g/mol. The number of nitrogens with zero attached hydrogens (tertiary/aromatic N) is 1. The average Bonchev–Trinajstić information content (AvgIpc) is 2.35. The number of pyridine rings is 1. The Labute approximate surface area is 103 Å². The number of hydrogen-bond donors (Lipinski definition) is 2. The number of carbonyl (C=O) groups excluding carboxylic acids is 1. The molecule has 0 aromatic carbocycles. The predicted molar refractivity (Wildman–Crippen MR) is 71.2 cm³/mol. The monoisotopic (exact) mass is 235 g/mol. The van der Waals surface area contributed by atoms with Crippen LogP contribution in [0.15, 0.2) is 18.3 Å². The van der Waals surface area contributed by atoms with Crippen LogP contribution in [0, 0.1) is 0 Å². The van der Waals surface area contributed by atoms with Crippen molar-refractivity contribution in [2.24, 2.45) is 0 Å². The molecule has 0 aliphatic heterocycles. The summed E-state index contributed by atoms with van der Waals surface area (Å²) in [5.41, 5.74) is 0.758. The third-order valence-electron chi connectivity index (χ3n) is 2.36. The lowest BCUT2D eigenvalue weighted by atomic mass is 10.2. The van der Waals surface area contributed by atoms with E-state index in [-0.39, 0.29) is 5.91 Å². The van der Waals surface area contributed by atoms with Crippen LogP contribution in [0.25, 0.3) is 0 Å². The molecule has 17 heavy (non-hydrogen) atoms. The van der Waals surface area contributed by atoms with Gasteiger partial charge in [0.05, 0.1) is 11.9 Å². The van der Waals surface area contributed by atoms with Crippen LogP contribution in [0.5, 0.6) is 0 Å². The quantitative estimate of drug-likeness (QED) is 0.763. The number of aromatic nitrogens is 1. The van der Waals surface area contributed by atoms with Crippen molar-refractivity contribution < 1.29 is 4.79 Å². The molecule has 4 nitrogen and oxygen atoms in total. The first-order valence-corrected chi connectivity index (χ1v) is 6.26. The largest absolute Gasteiger partial charge is 0.370 e. The van der Waals surface area contributed by atoms with Crippen LogP contribution in [0.1, 0.15) is 39.5 Å². The maximum Gasteiger partial charge on any atom is 0.224 e. The molecule has 1 rings (SSSR count). The van der Waals surface area contributed by atoms with E-state index < -0.39 is 0 Å². The van der Waals surface area contributed by atoms with E-state index in [1.165, 1.54) is 0 Å². The molecule has 0 aliphatic carbocycles. The van der Waals surface area contributed by atoms with E-state index in [0.717, 1.165) is 37.3 Å². The van der Waals surface area contributed by atoms with Crippen molar-refractivity contribution in [1.82, 2.24) is 4.98 Å². The Kier molecular flexibility index (Phi) is 6.07. The van der Waals surface area contributed by atoms with Gasteiger partial charge in [0.25, 0.3) is 0 Å². The number of nitrogens with one attached hydrogen (secondary N) is 2. The van der Waals surface area contributed by atoms with Gasteiger partial charge in [0.15, 0.2) is 0 Å². The van der Waals surface area contributed by atoms with E-state index in [0.29, 0.717) is 6.42 Å². The fourth-order valence-electron chi connectivity index (χ4n) is 1.39. The zero-order chi connectivity index (χ0) is 12.5. The van der Waals surface area contributed by atoms with Crippen molar-refractivity contribution in [3.8, 4) is 0 Å². The van der Waals surface area contributed by atoms with Gasteiger partial charge in [-0.15, -0.1) is 0 Å². The molecule has 0 bridgehead atoms. The highest BCUT2D eigenvalue weighted by Crippen LogP contribution is 2.10. The minimum Gasteiger partial charge on any atom is -0.370 e. The zero-order valence-corrected chi connectivity index (χ0v) is 10.6. The van der Waals surface area contributed by atoms with E-state index in [2.05, 4.69) is 29.5 Å². The third kappa shape index (κ3) is 5.33. The molecule has 1 aromatic rings. The maximum atomic E-state index is 11.5. The minimum absolute atomic E-state index is 0.0583. The van der Waals surface area contributed by atoms with Crippen LogP contribution < -0.4 is 10.6 Å². The van der Waals surface area contributed by atoms with Gasteiger partial charge in [-0.2, -0.15) is 0 Å². The molecule has 0 saturated carbocycles. The van der Waals surface area contributed by atoms with E-state index >= 15 is 0 Å². The van der Waals surface area contributed by atoms with Gasteiger partial charge in [-0.1, -0.05) is 20.3 Å². The number of anilines is 2. The molecule has 0 saturated heterocycles.